The second kappa shape index (κ2) is 7.97. The summed E-state index contributed by atoms with van der Waals surface area (Å²) in [4.78, 5) is 24.0. The summed E-state index contributed by atoms with van der Waals surface area (Å²) in [7, 11) is 0. The maximum Gasteiger partial charge on any atom is 0.325 e. The smallest absolute Gasteiger partial charge is 0.308 e. The fourth-order valence-corrected chi connectivity index (χ4v) is 3.17. The molecule has 26 heavy (non-hydrogen) atoms. The van der Waals surface area contributed by atoms with Crippen LogP contribution in [0.3, 0.4) is 0 Å². The highest BCUT2D eigenvalue weighted by atomic mass is 32.2. The molecule has 0 radical (unpaired) electrons. The number of anilines is 1. The van der Waals surface area contributed by atoms with Gasteiger partial charge in [0.05, 0.1) is 11.9 Å². The van der Waals surface area contributed by atoms with Crippen molar-refractivity contribution in [3.05, 3.63) is 59.8 Å². The molecule has 0 aliphatic carbocycles. The SMILES string of the molecule is Cc1ccc(NC(=O)NC(=O)CSc2nncc3ccccc23)cc1C. The van der Waals surface area contributed by atoms with Crippen LogP contribution >= 0.6 is 11.8 Å². The molecule has 1 aromatic heterocycles. The highest BCUT2D eigenvalue weighted by molar-refractivity contribution is 8.00. The highest BCUT2D eigenvalue weighted by Crippen LogP contribution is 2.24. The lowest BCUT2D eigenvalue weighted by atomic mass is 10.1. The van der Waals surface area contributed by atoms with Crippen LogP contribution in [0.4, 0.5) is 10.5 Å². The third-order valence-corrected chi connectivity index (χ3v) is 4.88. The zero-order chi connectivity index (χ0) is 18.5. The number of rotatable bonds is 4. The molecule has 0 aliphatic heterocycles. The quantitative estimate of drug-likeness (QED) is 0.688. The summed E-state index contributed by atoms with van der Waals surface area (Å²) >= 11 is 1.25. The van der Waals surface area contributed by atoms with Crippen molar-refractivity contribution >= 4 is 40.2 Å². The molecule has 0 spiro atoms. The van der Waals surface area contributed by atoms with Gasteiger partial charge >= 0.3 is 6.03 Å². The van der Waals surface area contributed by atoms with E-state index < -0.39 is 11.9 Å². The number of carbonyl (C=O) groups is 2. The Bertz CT molecular complexity index is 969. The van der Waals surface area contributed by atoms with E-state index in [0.29, 0.717) is 10.7 Å². The van der Waals surface area contributed by atoms with Crippen molar-refractivity contribution in [2.24, 2.45) is 0 Å². The molecule has 0 bridgehead atoms. The van der Waals surface area contributed by atoms with Crippen molar-refractivity contribution < 1.29 is 9.59 Å². The van der Waals surface area contributed by atoms with Crippen LogP contribution in [0.25, 0.3) is 10.8 Å². The van der Waals surface area contributed by atoms with E-state index in [1.165, 1.54) is 11.8 Å². The van der Waals surface area contributed by atoms with Crippen molar-refractivity contribution in [3.8, 4) is 0 Å². The second-order valence-electron chi connectivity index (χ2n) is 5.83. The molecule has 6 nitrogen and oxygen atoms in total. The van der Waals surface area contributed by atoms with Gasteiger partial charge in [-0.25, -0.2) is 4.79 Å². The summed E-state index contributed by atoms with van der Waals surface area (Å²) in [5, 5.41) is 15.5. The van der Waals surface area contributed by atoms with Crippen LogP contribution < -0.4 is 10.6 Å². The van der Waals surface area contributed by atoms with E-state index in [1.807, 2.05) is 50.2 Å². The lowest BCUT2D eigenvalue weighted by molar-refractivity contribution is -0.117. The van der Waals surface area contributed by atoms with Gasteiger partial charge in [0.25, 0.3) is 0 Å². The molecule has 2 N–H and O–H groups in total. The number of urea groups is 1. The van der Waals surface area contributed by atoms with Gasteiger partial charge in [0.1, 0.15) is 5.03 Å². The normalized spacial score (nSPS) is 10.5. The average molecular weight is 366 g/mol. The van der Waals surface area contributed by atoms with Gasteiger partial charge in [-0.2, -0.15) is 5.10 Å². The molecule has 2 aromatic carbocycles. The number of nitrogens with one attached hydrogen (secondary N) is 2. The number of carbonyl (C=O) groups excluding carboxylic acids is 2. The van der Waals surface area contributed by atoms with Crippen molar-refractivity contribution in [1.82, 2.24) is 15.5 Å². The third-order valence-electron chi connectivity index (χ3n) is 3.89. The molecule has 132 valence electrons. The minimum atomic E-state index is -0.553. The van der Waals surface area contributed by atoms with Crippen LogP contribution in [-0.4, -0.2) is 27.9 Å². The monoisotopic (exact) mass is 366 g/mol. The van der Waals surface area contributed by atoms with E-state index in [2.05, 4.69) is 20.8 Å². The van der Waals surface area contributed by atoms with E-state index in [4.69, 9.17) is 0 Å². The Morgan fingerprint density at radius 1 is 1.08 bits per heavy atom. The number of thioether (sulfide) groups is 1. The molecular formula is C19H18N4O2S. The number of aryl methyl sites for hydroxylation is 2. The molecule has 1 heterocycles. The van der Waals surface area contributed by atoms with Crippen LogP contribution in [0.5, 0.6) is 0 Å². The lowest BCUT2D eigenvalue weighted by Gasteiger charge is -2.09. The average Bonchev–Trinajstić information content (AvgIpc) is 2.63. The molecule has 0 saturated carbocycles. The standard InChI is InChI=1S/C19H18N4O2S/c1-12-7-8-15(9-13(12)2)21-19(25)22-17(24)11-26-18-16-6-4-3-5-14(16)10-20-23-18/h3-10H,11H2,1-2H3,(H2,21,22,24,25). The molecule has 3 amide bonds. The second-order valence-corrected chi connectivity index (χ2v) is 6.79. The molecule has 3 aromatic rings. The number of aromatic nitrogens is 2. The Balaban J connectivity index is 1.56. The molecule has 0 unspecified atom stereocenters. The van der Waals surface area contributed by atoms with Gasteiger partial charge in [-0.1, -0.05) is 42.1 Å². The number of hydrogen-bond acceptors (Lipinski definition) is 5. The summed E-state index contributed by atoms with van der Waals surface area (Å²) in [6.45, 7) is 3.96. The summed E-state index contributed by atoms with van der Waals surface area (Å²) < 4.78 is 0. The summed E-state index contributed by atoms with van der Waals surface area (Å²) in [6.07, 6.45) is 1.68. The van der Waals surface area contributed by atoms with Crippen LogP contribution in [-0.2, 0) is 4.79 Å². The van der Waals surface area contributed by atoms with Crippen LogP contribution in [0.15, 0.2) is 53.7 Å². The first-order chi connectivity index (χ1) is 12.5. The highest BCUT2D eigenvalue weighted by Gasteiger charge is 2.11. The Kier molecular flexibility index (Phi) is 5.48. The van der Waals surface area contributed by atoms with Gasteiger partial charge in [0.2, 0.25) is 5.91 Å². The van der Waals surface area contributed by atoms with E-state index in [1.54, 1.807) is 12.3 Å². The first kappa shape index (κ1) is 17.9. The molecule has 0 fully saturated rings. The van der Waals surface area contributed by atoms with Crippen molar-refractivity contribution in [2.75, 3.05) is 11.1 Å². The predicted octanol–water partition coefficient (Wildman–Crippen LogP) is 3.69. The topological polar surface area (TPSA) is 84.0 Å². The number of nitrogens with zero attached hydrogens (tertiary/aromatic N) is 2. The van der Waals surface area contributed by atoms with Gasteiger partial charge in [-0.05, 0) is 37.1 Å². The summed E-state index contributed by atoms with van der Waals surface area (Å²) in [6, 6.07) is 12.7. The molecule has 0 aliphatic rings. The molecule has 7 heteroatoms. The van der Waals surface area contributed by atoms with E-state index >= 15 is 0 Å². The predicted molar refractivity (Wildman–Crippen MR) is 103 cm³/mol. The Hall–Kier alpha value is -2.93. The number of benzene rings is 2. The largest absolute Gasteiger partial charge is 0.325 e. The van der Waals surface area contributed by atoms with Gasteiger partial charge in [0.15, 0.2) is 0 Å². The number of fused-ring (bicyclic) bond motifs is 1. The Morgan fingerprint density at radius 3 is 2.69 bits per heavy atom. The fraction of sp³-hybridized carbons (Fsp3) is 0.158. The molecule has 3 rings (SSSR count). The van der Waals surface area contributed by atoms with E-state index in [-0.39, 0.29) is 5.75 Å². The lowest BCUT2D eigenvalue weighted by Crippen LogP contribution is -2.35. The zero-order valence-corrected chi connectivity index (χ0v) is 15.3. The van der Waals surface area contributed by atoms with Crippen molar-refractivity contribution in [3.63, 3.8) is 0 Å². The summed E-state index contributed by atoms with van der Waals surface area (Å²) in [5.74, 6) is -0.325. The Morgan fingerprint density at radius 2 is 1.88 bits per heavy atom. The zero-order valence-electron chi connectivity index (χ0n) is 14.4. The van der Waals surface area contributed by atoms with Crippen LogP contribution in [0.1, 0.15) is 11.1 Å². The number of imide groups is 1. The molecular weight excluding hydrogens is 348 g/mol. The number of amides is 3. The van der Waals surface area contributed by atoms with Crippen molar-refractivity contribution in [2.45, 2.75) is 18.9 Å². The minimum absolute atomic E-state index is 0.0725. The third kappa shape index (κ3) is 4.37. The van der Waals surface area contributed by atoms with E-state index in [0.717, 1.165) is 21.9 Å². The van der Waals surface area contributed by atoms with Gasteiger partial charge < -0.3 is 5.32 Å². The van der Waals surface area contributed by atoms with E-state index in [9.17, 15) is 9.59 Å². The van der Waals surface area contributed by atoms with Crippen LogP contribution in [0, 0.1) is 13.8 Å². The van der Waals surface area contributed by atoms with Gasteiger partial charge in [-0.3, -0.25) is 10.1 Å². The van der Waals surface area contributed by atoms with Gasteiger partial charge in [-0.15, -0.1) is 5.10 Å². The summed E-state index contributed by atoms with van der Waals surface area (Å²) in [5.41, 5.74) is 2.85. The number of hydrogen-bond donors (Lipinski definition) is 2. The first-order valence-corrected chi connectivity index (χ1v) is 9.03. The van der Waals surface area contributed by atoms with Gasteiger partial charge in [0, 0.05) is 16.5 Å². The fourth-order valence-electron chi connectivity index (χ4n) is 2.39. The van der Waals surface area contributed by atoms with Crippen molar-refractivity contribution in [1.29, 1.82) is 0 Å². The Labute approximate surface area is 155 Å². The minimum Gasteiger partial charge on any atom is -0.308 e. The van der Waals surface area contributed by atoms with Crippen LogP contribution in [0.2, 0.25) is 0 Å². The molecule has 0 atom stereocenters. The maximum atomic E-state index is 12.0. The molecule has 0 saturated heterocycles. The first-order valence-electron chi connectivity index (χ1n) is 8.04. The maximum absolute atomic E-state index is 12.0.